The van der Waals surface area contributed by atoms with Crippen molar-refractivity contribution < 1.29 is 14.7 Å². The molecule has 0 aliphatic carbocycles. The summed E-state index contributed by atoms with van der Waals surface area (Å²) in [6.45, 7) is 2.38. The fourth-order valence-corrected chi connectivity index (χ4v) is 1.48. The van der Waals surface area contributed by atoms with Crippen molar-refractivity contribution in [1.82, 2.24) is 5.32 Å². The van der Waals surface area contributed by atoms with Gasteiger partial charge in [-0.2, -0.15) is 0 Å². The number of hydrogen-bond donors (Lipinski definition) is 3. The Morgan fingerprint density at radius 3 is 2.76 bits per heavy atom. The molecule has 1 unspecified atom stereocenters. The highest BCUT2D eigenvalue weighted by atomic mass is 16.4. The summed E-state index contributed by atoms with van der Waals surface area (Å²) in [6.07, 6.45) is -0.154. The van der Waals surface area contributed by atoms with Crippen molar-refractivity contribution in [2.45, 2.75) is 19.4 Å². The van der Waals surface area contributed by atoms with Crippen LogP contribution in [0.4, 0.5) is 0 Å². The molecule has 1 amide bonds. The summed E-state index contributed by atoms with van der Waals surface area (Å²) in [5, 5.41) is 11.3. The Bertz CT molecular complexity index is 418. The first-order valence-electron chi connectivity index (χ1n) is 5.40. The molecule has 0 bridgehead atoms. The first-order valence-corrected chi connectivity index (χ1v) is 5.40. The van der Waals surface area contributed by atoms with Crippen molar-refractivity contribution >= 4 is 11.9 Å². The number of benzene rings is 1. The Morgan fingerprint density at radius 1 is 1.47 bits per heavy atom. The monoisotopic (exact) mass is 236 g/mol. The lowest BCUT2D eigenvalue weighted by Gasteiger charge is -2.10. The van der Waals surface area contributed by atoms with Gasteiger partial charge in [0.15, 0.2) is 0 Å². The molecule has 1 rings (SSSR count). The summed E-state index contributed by atoms with van der Waals surface area (Å²) in [5.41, 5.74) is 6.87. The molecule has 1 atom stereocenters. The smallest absolute Gasteiger partial charge is 0.305 e. The molecule has 1 aromatic rings. The maximum Gasteiger partial charge on any atom is 0.305 e. The van der Waals surface area contributed by atoms with Crippen LogP contribution in [0.3, 0.4) is 0 Å². The number of aliphatic carboxylic acids is 1. The standard InChI is InChI=1S/C12H16N2O3/c1-2-14-12(17)9-5-3-4-8(6-9)10(13)7-11(15)16/h3-6,10H,2,7,13H2,1H3,(H,14,17)(H,15,16). The summed E-state index contributed by atoms with van der Waals surface area (Å²) in [7, 11) is 0. The lowest BCUT2D eigenvalue weighted by atomic mass is 10.0. The van der Waals surface area contributed by atoms with Gasteiger partial charge in [0.25, 0.3) is 5.91 Å². The maximum absolute atomic E-state index is 11.6. The molecule has 5 heteroatoms. The van der Waals surface area contributed by atoms with Crippen LogP contribution in [0.1, 0.15) is 35.3 Å². The van der Waals surface area contributed by atoms with Crippen LogP contribution < -0.4 is 11.1 Å². The summed E-state index contributed by atoms with van der Waals surface area (Å²) in [5.74, 6) is -1.14. The number of hydrogen-bond acceptors (Lipinski definition) is 3. The maximum atomic E-state index is 11.6. The van der Waals surface area contributed by atoms with Crippen molar-refractivity contribution in [1.29, 1.82) is 0 Å². The van der Waals surface area contributed by atoms with E-state index in [1.807, 2.05) is 6.92 Å². The average Bonchev–Trinajstić information content (AvgIpc) is 2.28. The van der Waals surface area contributed by atoms with Gasteiger partial charge in [-0.15, -0.1) is 0 Å². The summed E-state index contributed by atoms with van der Waals surface area (Å²) >= 11 is 0. The Morgan fingerprint density at radius 2 is 2.18 bits per heavy atom. The van der Waals surface area contributed by atoms with E-state index < -0.39 is 12.0 Å². The first kappa shape index (κ1) is 13.2. The number of nitrogens with one attached hydrogen (secondary N) is 1. The number of carboxylic acid groups (broad SMARTS) is 1. The second kappa shape index (κ2) is 6.00. The summed E-state index contributed by atoms with van der Waals surface area (Å²) in [6, 6.07) is 6.11. The van der Waals surface area contributed by atoms with E-state index >= 15 is 0 Å². The fraction of sp³-hybridized carbons (Fsp3) is 0.333. The second-order valence-corrected chi connectivity index (χ2v) is 3.69. The highest BCUT2D eigenvalue weighted by molar-refractivity contribution is 5.94. The molecule has 17 heavy (non-hydrogen) atoms. The number of amides is 1. The third kappa shape index (κ3) is 3.88. The Labute approximate surface area is 99.6 Å². The summed E-state index contributed by atoms with van der Waals surface area (Å²) in [4.78, 5) is 22.1. The van der Waals surface area contributed by atoms with Gasteiger partial charge in [-0.05, 0) is 24.6 Å². The zero-order valence-electron chi connectivity index (χ0n) is 9.64. The van der Waals surface area contributed by atoms with Gasteiger partial charge in [0.1, 0.15) is 0 Å². The molecule has 0 aliphatic rings. The predicted molar refractivity (Wildman–Crippen MR) is 63.6 cm³/mol. The van der Waals surface area contributed by atoms with Gasteiger partial charge in [-0.25, -0.2) is 0 Å². The SMILES string of the molecule is CCNC(=O)c1cccc(C(N)CC(=O)O)c1. The Balaban J connectivity index is 2.85. The second-order valence-electron chi connectivity index (χ2n) is 3.69. The molecule has 0 heterocycles. The predicted octanol–water partition coefficient (Wildman–Crippen LogP) is 0.911. The molecule has 0 aromatic heterocycles. The van der Waals surface area contributed by atoms with Crippen LogP contribution in [0.15, 0.2) is 24.3 Å². The van der Waals surface area contributed by atoms with E-state index in [0.717, 1.165) is 0 Å². The minimum absolute atomic E-state index is 0.154. The molecule has 4 N–H and O–H groups in total. The molecule has 0 saturated heterocycles. The summed E-state index contributed by atoms with van der Waals surface area (Å²) < 4.78 is 0. The van der Waals surface area contributed by atoms with Gasteiger partial charge in [0, 0.05) is 18.2 Å². The zero-order chi connectivity index (χ0) is 12.8. The number of rotatable bonds is 5. The molecular weight excluding hydrogens is 220 g/mol. The van der Waals surface area contributed by atoms with Crippen molar-refractivity contribution in [2.75, 3.05) is 6.54 Å². The minimum Gasteiger partial charge on any atom is -0.481 e. The van der Waals surface area contributed by atoms with E-state index in [4.69, 9.17) is 10.8 Å². The number of carboxylic acids is 1. The van der Waals surface area contributed by atoms with Gasteiger partial charge in [-0.1, -0.05) is 12.1 Å². The highest BCUT2D eigenvalue weighted by Crippen LogP contribution is 2.15. The van der Waals surface area contributed by atoms with Gasteiger partial charge in [0.05, 0.1) is 6.42 Å². The Kier molecular flexibility index (Phi) is 4.66. The lowest BCUT2D eigenvalue weighted by molar-refractivity contribution is -0.137. The first-order chi connectivity index (χ1) is 8.04. The van der Waals surface area contributed by atoms with E-state index in [0.29, 0.717) is 17.7 Å². The van der Waals surface area contributed by atoms with E-state index in [1.165, 1.54) is 0 Å². The van der Waals surface area contributed by atoms with Crippen LogP contribution in [-0.2, 0) is 4.79 Å². The third-order valence-corrected chi connectivity index (χ3v) is 2.31. The van der Waals surface area contributed by atoms with E-state index in [1.54, 1.807) is 24.3 Å². The van der Waals surface area contributed by atoms with Gasteiger partial charge in [0.2, 0.25) is 0 Å². The molecule has 0 radical (unpaired) electrons. The van der Waals surface area contributed by atoms with Crippen LogP contribution in [0.25, 0.3) is 0 Å². The molecule has 0 saturated carbocycles. The van der Waals surface area contributed by atoms with E-state index in [-0.39, 0.29) is 12.3 Å². The van der Waals surface area contributed by atoms with Crippen LogP contribution in [0, 0.1) is 0 Å². The molecule has 0 spiro atoms. The lowest BCUT2D eigenvalue weighted by Crippen LogP contribution is -2.23. The number of nitrogens with two attached hydrogens (primary N) is 1. The fourth-order valence-electron chi connectivity index (χ4n) is 1.48. The molecule has 0 aliphatic heterocycles. The van der Waals surface area contributed by atoms with E-state index in [9.17, 15) is 9.59 Å². The third-order valence-electron chi connectivity index (χ3n) is 2.31. The van der Waals surface area contributed by atoms with Gasteiger partial charge < -0.3 is 16.2 Å². The van der Waals surface area contributed by atoms with Crippen LogP contribution in [-0.4, -0.2) is 23.5 Å². The molecular formula is C12H16N2O3. The topological polar surface area (TPSA) is 92.4 Å². The van der Waals surface area contributed by atoms with Gasteiger partial charge in [-0.3, -0.25) is 9.59 Å². The number of carbonyl (C=O) groups is 2. The largest absolute Gasteiger partial charge is 0.481 e. The zero-order valence-corrected chi connectivity index (χ0v) is 9.64. The van der Waals surface area contributed by atoms with E-state index in [2.05, 4.69) is 5.32 Å². The van der Waals surface area contributed by atoms with Crippen LogP contribution in [0.5, 0.6) is 0 Å². The van der Waals surface area contributed by atoms with Crippen molar-refractivity contribution in [3.63, 3.8) is 0 Å². The average molecular weight is 236 g/mol. The van der Waals surface area contributed by atoms with Crippen molar-refractivity contribution in [3.05, 3.63) is 35.4 Å². The molecule has 0 fully saturated rings. The minimum atomic E-state index is -0.957. The van der Waals surface area contributed by atoms with Gasteiger partial charge >= 0.3 is 5.97 Å². The Hall–Kier alpha value is -1.88. The molecule has 92 valence electrons. The van der Waals surface area contributed by atoms with Crippen molar-refractivity contribution in [2.24, 2.45) is 5.73 Å². The van der Waals surface area contributed by atoms with Crippen LogP contribution in [0.2, 0.25) is 0 Å². The number of carbonyl (C=O) groups excluding carboxylic acids is 1. The highest BCUT2D eigenvalue weighted by Gasteiger charge is 2.12. The molecule has 5 nitrogen and oxygen atoms in total. The van der Waals surface area contributed by atoms with Crippen LogP contribution >= 0.6 is 0 Å². The molecule has 1 aromatic carbocycles. The normalized spacial score (nSPS) is 11.9. The quantitative estimate of drug-likeness (QED) is 0.708. The van der Waals surface area contributed by atoms with Crippen molar-refractivity contribution in [3.8, 4) is 0 Å².